The first-order valence-electron chi connectivity index (χ1n) is 16.5. The molecule has 6 rings (SSSR count). The SMILES string of the molecule is C/C=C(/C)C(=O)O[C@@H]1CC2C[C@@H](OC(=O)[C@@H]3[C@@H](C(=O)O)[C@@](C)(C(=O)O[C@@H]4CC5C[C@@H](O)CC4N5C)[C@@H]3c3ccccc3)CC1N2C. The third kappa shape index (κ3) is 5.44. The minimum Gasteiger partial charge on any atom is -0.481 e. The van der Waals surface area contributed by atoms with Crippen molar-refractivity contribution in [1.29, 1.82) is 0 Å². The molecule has 4 saturated heterocycles. The quantitative estimate of drug-likeness (QED) is 0.247. The molecule has 0 amide bonds. The van der Waals surface area contributed by atoms with Gasteiger partial charge in [0.1, 0.15) is 18.3 Å². The average Bonchev–Trinajstić information content (AvgIpc) is 3.27. The van der Waals surface area contributed by atoms with Gasteiger partial charge in [0.15, 0.2) is 0 Å². The highest BCUT2D eigenvalue weighted by Gasteiger charge is 2.71. The zero-order valence-electron chi connectivity index (χ0n) is 27.2. The van der Waals surface area contributed by atoms with Crippen molar-refractivity contribution in [3.8, 4) is 0 Å². The summed E-state index contributed by atoms with van der Waals surface area (Å²) in [7, 11) is 3.94. The van der Waals surface area contributed by atoms with Crippen molar-refractivity contribution in [1.82, 2.24) is 9.80 Å². The second-order valence-electron chi connectivity index (χ2n) is 14.3. The van der Waals surface area contributed by atoms with E-state index in [1.165, 1.54) is 0 Å². The molecule has 4 heterocycles. The minimum absolute atomic E-state index is 0.0459. The Balaban J connectivity index is 1.21. The molecule has 4 bridgehead atoms. The molecule has 0 aromatic heterocycles. The van der Waals surface area contributed by atoms with E-state index in [0.717, 1.165) is 0 Å². The van der Waals surface area contributed by atoms with Crippen molar-refractivity contribution in [2.45, 2.75) is 114 Å². The van der Waals surface area contributed by atoms with Crippen LogP contribution in [0.4, 0.5) is 0 Å². The molecule has 46 heavy (non-hydrogen) atoms. The fourth-order valence-electron chi connectivity index (χ4n) is 9.14. The predicted octanol–water partition coefficient (Wildman–Crippen LogP) is 2.90. The number of esters is 3. The van der Waals surface area contributed by atoms with Gasteiger partial charge in [0.05, 0.1) is 29.4 Å². The van der Waals surface area contributed by atoms with Crippen LogP contribution in [0.1, 0.15) is 70.8 Å². The lowest BCUT2D eigenvalue weighted by Gasteiger charge is -2.55. The van der Waals surface area contributed by atoms with E-state index < -0.39 is 59.4 Å². The zero-order chi connectivity index (χ0) is 33.1. The maximum atomic E-state index is 14.1. The Labute approximate surface area is 269 Å². The van der Waals surface area contributed by atoms with Crippen molar-refractivity contribution in [2.75, 3.05) is 14.1 Å². The number of carboxylic acids is 1. The summed E-state index contributed by atoms with van der Waals surface area (Å²) in [6.07, 6.45) is 3.25. The van der Waals surface area contributed by atoms with Crippen molar-refractivity contribution < 1.29 is 43.6 Å². The number of allylic oxidation sites excluding steroid dienone is 1. The Hall–Kier alpha value is -3.28. The third-order valence-electron chi connectivity index (χ3n) is 11.9. The van der Waals surface area contributed by atoms with Crippen LogP contribution in [0, 0.1) is 17.3 Å². The molecule has 11 heteroatoms. The van der Waals surface area contributed by atoms with Crippen LogP contribution in [0.5, 0.6) is 0 Å². The van der Waals surface area contributed by atoms with Gasteiger partial charge >= 0.3 is 23.9 Å². The second-order valence-corrected chi connectivity index (χ2v) is 14.3. The molecule has 4 aliphatic heterocycles. The van der Waals surface area contributed by atoms with E-state index in [1.54, 1.807) is 39.0 Å². The monoisotopic (exact) mass is 638 g/mol. The largest absolute Gasteiger partial charge is 0.481 e. The van der Waals surface area contributed by atoms with Gasteiger partial charge in [-0.25, -0.2) is 4.79 Å². The summed E-state index contributed by atoms with van der Waals surface area (Å²) >= 11 is 0. The van der Waals surface area contributed by atoms with E-state index >= 15 is 0 Å². The highest BCUT2D eigenvalue weighted by molar-refractivity contribution is 5.95. The minimum atomic E-state index is -1.51. The van der Waals surface area contributed by atoms with Gasteiger partial charge in [0, 0.05) is 55.3 Å². The Bertz CT molecular complexity index is 1400. The van der Waals surface area contributed by atoms with Crippen molar-refractivity contribution in [3.05, 3.63) is 47.5 Å². The number of likely N-dealkylation sites (N-methyl/N-ethyl adjacent to an activating group) is 2. The number of piperidine rings is 2. The van der Waals surface area contributed by atoms with E-state index in [1.807, 2.05) is 32.3 Å². The van der Waals surface area contributed by atoms with Gasteiger partial charge < -0.3 is 24.4 Å². The molecule has 12 atom stereocenters. The van der Waals surface area contributed by atoms with Gasteiger partial charge in [0.25, 0.3) is 0 Å². The molecule has 0 radical (unpaired) electrons. The summed E-state index contributed by atoms with van der Waals surface area (Å²) < 4.78 is 18.0. The number of aliphatic carboxylic acids is 1. The summed E-state index contributed by atoms with van der Waals surface area (Å²) in [4.78, 5) is 57.8. The van der Waals surface area contributed by atoms with Crippen LogP contribution in [-0.2, 0) is 33.4 Å². The maximum Gasteiger partial charge on any atom is 0.333 e. The second kappa shape index (κ2) is 12.4. The van der Waals surface area contributed by atoms with Crippen LogP contribution in [0.3, 0.4) is 0 Å². The Morgan fingerprint density at radius 2 is 1.48 bits per heavy atom. The normalized spacial score (nSPS) is 40.6. The van der Waals surface area contributed by atoms with E-state index in [9.17, 15) is 29.4 Å². The first-order chi connectivity index (χ1) is 21.8. The zero-order valence-corrected chi connectivity index (χ0v) is 27.2. The number of nitrogens with zero attached hydrogens (tertiary/aromatic N) is 2. The molecule has 250 valence electrons. The van der Waals surface area contributed by atoms with E-state index in [4.69, 9.17) is 14.2 Å². The molecular formula is C35H46N2O9. The number of aliphatic hydroxyl groups excluding tert-OH is 1. The number of carbonyl (C=O) groups is 4. The molecule has 1 aromatic rings. The number of fused-ring (bicyclic) bond motifs is 4. The third-order valence-corrected chi connectivity index (χ3v) is 11.9. The molecule has 0 spiro atoms. The van der Waals surface area contributed by atoms with E-state index in [-0.39, 0.29) is 36.2 Å². The Morgan fingerprint density at radius 1 is 0.870 bits per heavy atom. The van der Waals surface area contributed by atoms with Crippen LogP contribution in [0.2, 0.25) is 0 Å². The van der Waals surface area contributed by atoms with Crippen molar-refractivity contribution in [3.63, 3.8) is 0 Å². The number of rotatable bonds is 8. The number of hydrogen-bond acceptors (Lipinski definition) is 10. The summed E-state index contributed by atoms with van der Waals surface area (Å²) in [6.45, 7) is 5.09. The number of benzene rings is 1. The summed E-state index contributed by atoms with van der Waals surface area (Å²) in [5, 5.41) is 20.8. The van der Waals surface area contributed by atoms with Gasteiger partial charge in [-0.05, 0) is 53.3 Å². The van der Waals surface area contributed by atoms with Crippen LogP contribution in [0.25, 0.3) is 0 Å². The molecule has 1 aliphatic carbocycles. The molecular weight excluding hydrogens is 592 g/mol. The van der Waals surface area contributed by atoms with Crippen molar-refractivity contribution in [2.24, 2.45) is 17.3 Å². The average molecular weight is 639 g/mol. The first-order valence-corrected chi connectivity index (χ1v) is 16.5. The summed E-state index contributed by atoms with van der Waals surface area (Å²) in [5.41, 5.74) is -0.305. The van der Waals surface area contributed by atoms with Crippen LogP contribution in [0.15, 0.2) is 42.0 Å². The smallest absolute Gasteiger partial charge is 0.333 e. The highest BCUT2D eigenvalue weighted by Crippen LogP contribution is 2.62. The van der Waals surface area contributed by atoms with Gasteiger partial charge in [-0.3, -0.25) is 24.2 Å². The molecule has 11 nitrogen and oxygen atoms in total. The lowest BCUT2D eigenvalue weighted by Crippen LogP contribution is -2.64. The maximum absolute atomic E-state index is 14.1. The lowest BCUT2D eigenvalue weighted by molar-refractivity contribution is -0.204. The molecule has 4 unspecified atom stereocenters. The number of aliphatic hydroxyl groups is 1. The first kappa shape index (κ1) is 32.7. The summed E-state index contributed by atoms with van der Waals surface area (Å²) in [6, 6.07) is 8.91. The lowest BCUT2D eigenvalue weighted by atomic mass is 9.45. The Kier molecular flexibility index (Phi) is 8.80. The van der Waals surface area contributed by atoms with Crippen molar-refractivity contribution >= 4 is 23.9 Å². The van der Waals surface area contributed by atoms with Gasteiger partial charge in [-0.2, -0.15) is 0 Å². The number of hydrogen-bond donors (Lipinski definition) is 2. The number of ether oxygens (including phenoxy) is 3. The highest BCUT2D eigenvalue weighted by atomic mass is 16.6. The standard InChI is InChI=1S/C35H46N2O9/c1-6-18(2)32(41)45-26-15-21-13-23(17-25(26)37(21)5)44-33(42)28-29(19-10-8-7-9-11-19)35(3,30(28)31(39)40)34(43)46-27-14-20-12-22(38)16-24(27)36(20)4/h6-11,20-30,38H,12-17H2,1-5H3,(H,39,40)/b18-6-/t20?,21?,22-,23-,24?,25?,26-,27-,28+,29-,30+,35+/m1/s1. The predicted molar refractivity (Wildman–Crippen MR) is 165 cm³/mol. The summed E-state index contributed by atoms with van der Waals surface area (Å²) in [5.74, 6) is -6.09. The van der Waals surface area contributed by atoms with Crippen LogP contribution >= 0.6 is 0 Å². The van der Waals surface area contributed by atoms with E-state index in [0.29, 0.717) is 49.7 Å². The van der Waals surface area contributed by atoms with Crippen LogP contribution < -0.4 is 0 Å². The number of carbonyl (C=O) groups excluding carboxylic acids is 3. The molecule has 2 N–H and O–H groups in total. The number of carboxylic acid groups (broad SMARTS) is 1. The molecule has 5 aliphatic rings. The van der Waals surface area contributed by atoms with Gasteiger partial charge in [-0.15, -0.1) is 0 Å². The molecule has 1 aromatic carbocycles. The Morgan fingerprint density at radius 3 is 2.11 bits per heavy atom. The fraction of sp³-hybridized carbons (Fsp3) is 0.657. The topological polar surface area (TPSA) is 143 Å². The van der Waals surface area contributed by atoms with Crippen LogP contribution in [-0.4, -0.2) is 107 Å². The fourth-order valence-corrected chi connectivity index (χ4v) is 9.14. The molecule has 5 fully saturated rings. The van der Waals surface area contributed by atoms with Gasteiger partial charge in [-0.1, -0.05) is 36.4 Å². The molecule has 1 saturated carbocycles. The van der Waals surface area contributed by atoms with Gasteiger partial charge in [0.2, 0.25) is 0 Å². The van der Waals surface area contributed by atoms with E-state index in [2.05, 4.69) is 9.80 Å².